The second-order valence-electron chi connectivity index (χ2n) is 10.3. The van der Waals surface area contributed by atoms with E-state index in [0.29, 0.717) is 25.3 Å². The molecule has 1 amide bonds. The fourth-order valence-corrected chi connectivity index (χ4v) is 4.82. The summed E-state index contributed by atoms with van der Waals surface area (Å²) in [4.78, 5) is 30.5. The minimum absolute atomic E-state index is 0.137. The number of ketones is 1. The quantitative estimate of drug-likeness (QED) is 0.286. The minimum Gasteiger partial charge on any atom is -0.507 e. The minimum atomic E-state index is -0.647. The molecule has 1 unspecified atom stereocenters. The van der Waals surface area contributed by atoms with E-state index in [1.807, 2.05) is 50.2 Å². The lowest BCUT2D eigenvalue weighted by atomic mass is 9.84. The molecule has 36 heavy (non-hydrogen) atoms. The topological polar surface area (TPSA) is 70.1 Å². The molecule has 1 saturated heterocycles. The lowest BCUT2D eigenvalue weighted by molar-refractivity contribution is -0.140. The van der Waals surface area contributed by atoms with Gasteiger partial charge in [0.2, 0.25) is 0 Å². The molecule has 0 bridgehead atoms. The second-order valence-corrected chi connectivity index (χ2v) is 10.3. The number of Topliss-reactive ketones (excluding diaryl/α,β-unsaturated/α-hetero) is 1. The van der Waals surface area contributed by atoms with Crippen molar-refractivity contribution >= 4 is 17.4 Å². The number of hydrogen-bond donors (Lipinski definition) is 1. The van der Waals surface area contributed by atoms with E-state index >= 15 is 0 Å². The van der Waals surface area contributed by atoms with Gasteiger partial charge in [-0.3, -0.25) is 9.59 Å². The molecule has 194 valence electrons. The van der Waals surface area contributed by atoms with Crippen molar-refractivity contribution in [3.05, 3.63) is 70.3 Å². The molecule has 1 atom stereocenters. The van der Waals surface area contributed by atoms with Crippen molar-refractivity contribution in [2.45, 2.75) is 59.9 Å². The summed E-state index contributed by atoms with van der Waals surface area (Å²) in [6, 6.07) is 12.6. The van der Waals surface area contributed by atoms with Crippen LogP contribution in [0, 0.1) is 6.92 Å². The van der Waals surface area contributed by atoms with Gasteiger partial charge in [-0.15, -0.1) is 0 Å². The molecule has 2 aromatic rings. The Morgan fingerprint density at radius 1 is 1.06 bits per heavy atom. The molecule has 0 aliphatic carbocycles. The zero-order valence-corrected chi connectivity index (χ0v) is 22.7. The number of likely N-dealkylation sites (tertiary alicyclic amines) is 1. The molecule has 3 rings (SSSR count). The van der Waals surface area contributed by atoms with E-state index in [4.69, 9.17) is 4.74 Å². The molecule has 0 aromatic heterocycles. The maximum Gasteiger partial charge on any atom is 0.295 e. The van der Waals surface area contributed by atoms with Crippen LogP contribution in [-0.4, -0.2) is 59.4 Å². The van der Waals surface area contributed by atoms with Crippen molar-refractivity contribution in [1.82, 2.24) is 9.80 Å². The number of aliphatic hydroxyl groups excluding tert-OH is 1. The van der Waals surface area contributed by atoms with Crippen molar-refractivity contribution in [2.75, 3.05) is 32.8 Å². The Morgan fingerprint density at radius 2 is 1.72 bits per heavy atom. The predicted molar refractivity (Wildman–Crippen MR) is 144 cm³/mol. The van der Waals surface area contributed by atoms with Gasteiger partial charge in [-0.1, -0.05) is 58.9 Å². The predicted octanol–water partition coefficient (Wildman–Crippen LogP) is 5.45. The van der Waals surface area contributed by atoms with Gasteiger partial charge in [0.25, 0.3) is 11.7 Å². The molecular formula is C30H40N2O4. The molecule has 0 radical (unpaired) electrons. The number of benzene rings is 2. The van der Waals surface area contributed by atoms with Gasteiger partial charge in [0, 0.05) is 24.2 Å². The number of nitrogens with zero attached hydrogens (tertiary/aromatic N) is 2. The van der Waals surface area contributed by atoms with Crippen molar-refractivity contribution in [2.24, 2.45) is 0 Å². The Morgan fingerprint density at radius 3 is 2.31 bits per heavy atom. The highest BCUT2D eigenvalue weighted by atomic mass is 16.5. The molecule has 1 heterocycles. The summed E-state index contributed by atoms with van der Waals surface area (Å²) in [7, 11) is 0. The molecule has 1 aliphatic heterocycles. The van der Waals surface area contributed by atoms with Crippen molar-refractivity contribution in [3.8, 4) is 5.75 Å². The molecule has 0 spiro atoms. The number of aryl methyl sites for hydroxylation is 1. The van der Waals surface area contributed by atoms with Crippen LogP contribution in [0.2, 0.25) is 0 Å². The average molecular weight is 493 g/mol. The Balaban J connectivity index is 2.18. The van der Waals surface area contributed by atoms with E-state index in [0.717, 1.165) is 35.5 Å². The summed E-state index contributed by atoms with van der Waals surface area (Å²) < 4.78 is 5.83. The maximum atomic E-state index is 13.4. The number of carbonyl (C=O) groups is 2. The Kier molecular flexibility index (Phi) is 8.62. The highest BCUT2D eigenvalue weighted by Crippen LogP contribution is 2.41. The average Bonchev–Trinajstić information content (AvgIpc) is 3.09. The SMILES string of the molecule is CCOc1ccc(/C(O)=C2\C(=O)C(=O)N(CCN(CC)CC)C2c2ccccc2C)cc1C(C)(C)C. The maximum absolute atomic E-state index is 13.4. The monoisotopic (exact) mass is 492 g/mol. The molecule has 6 heteroatoms. The fourth-order valence-electron chi connectivity index (χ4n) is 4.82. The molecule has 2 aromatic carbocycles. The van der Waals surface area contributed by atoms with Gasteiger partial charge in [-0.25, -0.2) is 0 Å². The third-order valence-corrected chi connectivity index (χ3v) is 6.94. The molecule has 1 aliphatic rings. The molecule has 0 saturated carbocycles. The summed E-state index contributed by atoms with van der Waals surface area (Å²) in [5.41, 5.74) is 3.13. The van der Waals surface area contributed by atoms with Gasteiger partial charge in [0.1, 0.15) is 11.5 Å². The van der Waals surface area contributed by atoms with E-state index in [1.54, 1.807) is 11.0 Å². The van der Waals surface area contributed by atoms with Gasteiger partial charge in [0.05, 0.1) is 18.2 Å². The summed E-state index contributed by atoms with van der Waals surface area (Å²) in [5.74, 6) is -0.623. The van der Waals surface area contributed by atoms with E-state index in [2.05, 4.69) is 39.5 Å². The van der Waals surface area contributed by atoms with Crippen LogP contribution in [0.4, 0.5) is 0 Å². The number of hydrogen-bond acceptors (Lipinski definition) is 5. The molecule has 1 N–H and O–H groups in total. The van der Waals surface area contributed by atoms with Crippen LogP contribution >= 0.6 is 0 Å². The normalized spacial score (nSPS) is 17.8. The third-order valence-electron chi connectivity index (χ3n) is 6.94. The lowest BCUT2D eigenvalue weighted by Gasteiger charge is -2.29. The zero-order chi connectivity index (χ0) is 26.6. The van der Waals surface area contributed by atoms with Gasteiger partial charge < -0.3 is 19.6 Å². The van der Waals surface area contributed by atoms with Gasteiger partial charge in [-0.2, -0.15) is 0 Å². The van der Waals surface area contributed by atoms with Gasteiger partial charge in [0.15, 0.2) is 0 Å². The first-order valence-corrected chi connectivity index (χ1v) is 12.9. The van der Waals surface area contributed by atoms with E-state index in [9.17, 15) is 14.7 Å². The van der Waals surface area contributed by atoms with Crippen molar-refractivity contribution in [1.29, 1.82) is 0 Å². The van der Waals surface area contributed by atoms with Crippen LogP contribution in [0.5, 0.6) is 5.75 Å². The largest absolute Gasteiger partial charge is 0.507 e. The number of aliphatic hydroxyl groups is 1. The van der Waals surface area contributed by atoms with Crippen molar-refractivity contribution in [3.63, 3.8) is 0 Å². The number of ether oxygens (including phenoxy) is 1. The van der Waals surface area contributed by atoms with Gasteiger partial charge >= 0.3 is 0 Å². The molecule has 6 nitrogen and oxygen atoms in total. The zero-order valence-electron chi connectivity index (χ0n) is 22.7. The summed E-state index contributed by atoms with van der Waals surface area (Å²) in [6.45, 7) is 17.6. The number of likely N-dealkylation sites (N-methyl/N-ethyl adjacent to an activating group) is 1. The highest BCUT2D eigenvalue weighted by molar-refractivity contribution is 6.46. The lowest BCUT2D eigenvalue weighted by Crippen LogP contribution is -2.38. The fraction of sp³-hybridized carbons (Fsp3) is 0.467. The van der Waals surface area contributed by atoms with Crippen molar-refractivity contribution < 1.29 is 19.4 Å². The smallest absolute Gasteiger partial charge is 0.295 e. The summed E-state index contributed by atoms with van der Waals surface area (Å²) in [6.07, 6.45) is 0. The Labute approximate surface area is 215 Å². The van der Waals surface area contributed by atoms with Crippen LogP contribution in [0.1, 0.15) is 69.8 Å². The number of carbonyl (C=O) groups excluding carboxylic acids is 2. The molecule has 1 fully saturated rings. The second kappa shape index (κ2) is 11.3. The van der Waals surface area contributed by atoms with Crippen LogP contribution in [0.15, 0.2) is 48.0 Å². The van der Waals surface area contributed by atoms with E-state index in [-0.39, 0.29) is 16.7 Å². The summed E-state index contributed by atoms with van der Waals surface area (Å²) >= 11 is 0. The first-order valence-electron chi connectivity index (χ1n) is 12.9. The van der Waals surface area contributed by atoms with E-state index < -0.39 is 17.7 Å². The first-order chi connectivity index (χ1) is 17.0. The van der Waals surface area contributed by atoms with E-state index in [1.165, 1.54) is 0 Å². The Hall–Kier alpha value is -3.12. The van der Waals surface area contributed by atoms with Crippen LogP contribution < -0.4 is 4.74 Å². The number of rotatable bonds is 9. The third kappa shape index (κ3) is 5.49. The molecular weight excluding hydrogens is 452 g/mol. The van der Waals surface area contributed by atoms with Crippen LogP contribution in [-0.2, 0) is 15.0 Å². The highest BCUT2D eigenvalue weighted by Gasteiger charge is 2.46. The summed E-state index contributed by atoms with van der Waals surface area (Å²) in [5, 5.41) is 11.6. The standard InChI is InChI=1S/C30H40N2O4/c1-8-31(9-2)17-18-32-26(22-14-12-11-13-20(22)4)25(28(34)29(32)35)27(33)21-15-16-24(36-10-3)23(19-21)30(5,6)7/h11-16,19,26,33H,8-10,17-18H2,1-7H3/b27-25+. The first kappa shape index (κ1) is 27.5. The van der Waals surface area contributed by atoms with Crippen LogP contribution in [0.3, 0.4) is 0 Å². The van der Waals surface area contributed by atoms with Gasteiger partial charge in [-0.05, 0) is 61.7 Å². The number of amides is 1. The van der Waals surface area contributed by atoms with Crippen LogP contribution in [0.25, 0.3) is 5.76 Å². The Bertz CT molecular complexity index is 1140.